The Morgan fingerprint density at radius 3 is 2.91 bits per heavy atom. The second-order valence-electron chi connectivity index (χ2n) is 7.92. The van der Waals surface area contributed by atoms with Crippen LogP contribution in [0.3, 0.4) is 0 Å². The quantitative estimate of drug-likeness (QED) is 0.518. The van der Waals surface area contributed by atoms with Crippen LogP contribution >= 0.6 is 0 Å². The summed E-state index contributed by atoms with van der Waals surface area (Å²) in [4.78, 5) is 23.1. The third-order valence-electron chi connectivity index (χ3n) is 5.83. The van der Waals surface area contributed by atoms with Gasteiger partial charge < -0.3 is 19.4 Å². The number of nitro groups is 1. The second-order valence-corrected chi connectivity index (χ2v) is 7.92. The molecule has 1 aliphatic carbocycles. The fourth-order valence-electron chi connectivity index (χ4n) is 4.38. The molecular formula is C22H23FN4O5. The summed E-state index contributed by atoms with van der Waals surface area (Å²) in [5.74, 6) is -1.24. The van der Waals surface area contributed by atoms with Crippen LogP contribution in [0.15, 0.2) is 18.2 Å². The van der Waals surface area contributed by atoms with Gasteiger partial charge in [0.1, 0.15) is 17.7 Å². The van der Waals surface area contributed by atoms with Crippen LogP contribution in [0.5, 0.6) is 5.75 Å². The summed E-state index contributed by atoms with van der Waals surface area (Å²) in [6.07, 6.45) is 5.47. The molecular weight excluding hydrogens is 419 g/mol. The zero-order valence-corrected chi connectivity index (χ0v) is 17.4. The molecule has 1 aromatic heterocycles. The molecule has 1 N–H and O–H groups in total. The van der Waals surface area contributed by atoms with Gasteiger partial charge in [-0.05, 0) is 50.2 Å². The molecule has 1 fully saturated rings. The van der Waals surface area contributed by atoms with E-state index in [-0.39, 0.29) is 11.9 Å². The van der Waals surface area contributed by atoms with Crippen molar-refractivity contribution in [3.63, 3.8) is 0 Å². The number of halogens is 1. The first kappa shape index (κ1) is 21.8. The zero-order chi connectivity index (χ0) is 22.7. The number of carbonyl (C=O) groups excluding carboxylic acids is 1. The van der Waals surface area contributed by atoms with Crippen molar-refractivity contribution in [1.82, 2.24) is 4.57 Å². The topological polar surface area (TPSA) is 119 Å². The minimum absolute atomic E-state index is 0.0156. The molecule has 168 valence electrons. The SMILES string of the molecule is N#Cc1c2c(n(CC3CCCO3)c1NC(=O)COc1cc(F)ccc1[N+](=O)[O-])CCCC2. The predicted octanol–water partition coefficient (Wildman–Crippen LogP) is 3.48. The number of benzene rings is 1. The fraction of sp³-hybridized carbons (Fsp3) is 0.455. The fourth-order valence-corrected chi connectivity index (χ4v) is 4.38. The Morgan fingerprint density at radius 1 is 1.38 bits per heavy atom. The van der Waals surface area contributed by atoms with E-state index in [1.807, 2.05) is 4.57 Å². The molecule has 1 aromatic carbocycles. The van der Waals surface area contributed by atoms with Gasteiger partial charge in [-0.1, -0.05) is 0 Å². The highest BCUT2D eigenvalue weighted by atomic mass is 19.1. The summed E-state index contributed by atoms with van der Waals surface area (Å²) in [6.45, 7) is 0.669. The van der Waals surface area contributed by atoms with Gasteiger partial charge in [-0.2, -0.15) is 5.26 Å². The smallest absolute Gasteiger partial charge is 0.311 e. The minimum atomic E-state index is -0.712. The molecule has 1 unspecified atom stereocenters. The molecule has 9 nitrogen and oxygen atoms in total. The average molecular weight is 442 g/mol. The standard InChI is InChI=1S/C22H23FN4O5/c23-14-7-8-19(27(29)30)20(10-14)32-13-21(28)25-22-17(11-24)16-5-1-2-6-18(16)26(22)12-15-4-3-9-31-15/h7-8,10,15H,1-6,9,12-13H2,(H,25,28). The van der Waals surface area contributed by atoms with Crippen LogP contribution in [0.4, 0.5) is 15.9 Å². The summed E-state index contributed by atoms with van der Waals surface area (Å²) in [5.41, 5.74) is 1.99. The first-order valence-electron chi connectivity index (χ1n) is 10.6. The molecule has 2 aromatic rings. The van der Waals surface area contributed by atoms with Crippen molar-refractivity contribution >= 4 is 17.4 Å². The highest BCUT2D eigenvalue weighted by molar-refractivity contribution is 5.93. The van der Waals surface area contributed by atoms with E-state index in [1.54, 1.807) is 0 Å². The van der Waals surface area contributed by atoms with Crippen LogP contribution in [0.1, 0.15) is 42.5 Å². The highest BCUT2D eigenvalue weighted by Crippen LogP contribution is 2.34. The number of anilines is 1. The van der Waals surface area contributed by atoms with E-state index in [0.29, 0.717) is 24.5 Å². The van der Waals surface area contributed by atoms with Gasteiger partial charge in [-0.25, -0.2) is 4.39 Å². The molecule has 1 amide bonds. The van der Waals surface area contributed by atoms with Gasteiger partial charge in [-0.15, -0.1) is 0 Å². The number of nitrogens with one attached hydrogen (secondary N) is 1. The average Bonchev–Trinajstić information content (AvgIpc) is 3.39. The summed E-state index contributed by atoms with van der Waals surface area (Å²) in [5, 5.41) is 23.7. The molecule has 10 heteroatoms. The normalized spacial score (nSPS) is 17.4. The number of carbonyl (C=O) groups is 1. The van der Waals surface area contributed by atoms with Crippen molar-refractivity contribution in [1.29, 1.82) is 5.26 Å². The molecule has 2 heterocycles. The number of fused-ring (bicyclic) bond motifs is 1. The van der Waals surface area contributed by atoms with Crippen molar-refractivity contribution in [3.05, 3.63) is 51.0 Å². The Hall–Kier alpha value is -3.45. The summed E-state index contributed by atoms with van der Waals surface area (Å²) in [6, 6.07) is 5.02. The highest BCUT2D eigenvalue weighted by Gasteiger charge is 2.28. The van der Waals surface area contributed by atoms with E-state index in [1.165, 1.54) is 0 Å². The van der Waals surface area contributed by atoms with Gasteiger partial charge in [0.05, 0.1) is 23.1 Å². The number of hydrogen-bond acceptors (Lipinski definition) is 6. The molecule has 1 aliphatic heterocycles. The molecule has 0 spiro atoms. The van der Waals surface area contributed by atoms with E-state index >= 15 is 0 Å². The van der Waals surface area contributed by atoms with Crippen LogP contribution < -0.4 is 10.1 Å². The number of hydrogen-bond donors (Lipinski definition) is 1. The first-order chi connectivity index (χ1) is 15.5. The maximum Gasteiger partial charge on any atom is 0.311 e. The number of nitrogens with zero attached hydrogens (tertiary/aromatic N) is 3. The van der Waals surface area contributed by atoms with E-state index in [2.05, 4.69) is 11.4 Å². The van der Waals surface area contributed by atoms with Gasteiger partial charge >= 0.3 is 5.69 Å². The molecule has 0 bridgehead atoms. The number of aromatic nitrogens is 1. The van der Waals surface area contributed by atoms with Crippen LogP contribution in [-0.2, 0) is 28.9 Å². The first-order valence-corrected chi connectivity index (χ1v) is 10.6. The van der Waals surface area contributed by atoms with E-state index in [9.17, 15) is 24.6 Å². The molecule has 0 radical (unpaired) electrons. The van der Waals surface area contributed by atoms with Gasteiger partial charge in [0.15, 0.2) is 6.61 Å². The van der Waals surface area contributed by atoms with Crippen LogP contribution in [0.2, 0.25) is 0 Å². The van der Waals surface area contributed by atoms with Crippen LogP contribution in [0, 0.1) is 27.3 Å². The largest absolute Gasteiger partial charge is 0.477 e. The monoisotopic (exact) mass is 442 g/mol. The number of amides is 1. The van der Waals surface area contributed by atoms with E-state index < -0.39 is 28.9 Å². The van der Waals surface area contributed by atoms with Crippen LogP contribution in [0.25, 0.3) is 0 Å². The summed E-state index contributed by atoms with van der Waals surface area (Å²) >= 11 is 0. The molecule has 4 rings (SSSR count). The minimum Gasteiger partial charge on any atom is -0.477 e. The Kier molecular flexibility index (Phi) is 6.37. The third kappa shape index (κ3) is 4.43. The maximum absolute atomic E-state index is 13.5. The Labute approximate surface area is 183 Å². The molecule has 2 aliphatic rings. The number of rotatable bonds is 7. The Balaban J connectivity index is 1.56. The number of ether oxygens (including phenoxy) is 2. The Morgan fingerprint density at radius 2 is 2.19 bits per heavy atom. The van der Waals surface area contributed by atoms with Gasteiger partial charge in [-0.3, -0.25) is 14.9 Å². The molecule has 0 saturated carbocycles. The second kappa shape index (κ2) is 9.36. The molecule has 1 atom stereocenters. The number of nitriles is 1. The van der Waals surface area contributed by atoms with Gasteiger partial charge in [0.2, 0.25) is 5.75 Å². The van der Waals surface area contributed by atoms with Crippen molar-refractivity contribution in [3.8, 4) is 11.8 Å². The van der Waals surface area contributed by atoms with E-state index in [0.717, 1.165) is 68.0 Å². The Bertz CT molecular complexity index is 1080. The number of nitro benzene ring substituents is 1. The zero-order valence-electron chi connectivity index (χ0n) is 17.4. The van der Waals surface area contributed by atoms with Crippen molar-refractivity contribution in [2.75, 3.05) is 18.5 Å². The van der Waals surface area contributed by atoms with Gasteiger partial charge in [0.25, 0.3) is 5.91 Å². The predicted molar refractivity (Wildman–Crippen MR) is 112 cm³/mol. The lowest BCUT2D eigenvalue weighted by atomic mass is 9.95. The molecule has 32 heavy (non-hydrogen) atoms. The lowest BCUT2D eigenvalue weighted by Gasteiger charge is -2.20. The van der Waals surface area contributed by atoms with Crippen molar-refractivity contribution in [2.45, 2.75) is 51.2 Å². The summed E-state index contributed by atoms with van der Waals surface area (Å²) < 4.78 is 26.5. The summed E-state index contributed by atoms with van der Waals surface area (Å²) in [7, 11) is 0. The van der Waals surface area contributed by atoms with E-state index in [4.69, 9.17) is 9.47 Å². The lowest BCUT2D eigenvalue weighted by Crippen LogP contribution is -2.25. The third-order valence-corrected chi connectivity index (χ3v) is 5.83. The molecule has 1 saturated heterocycles. The van der Waals surface area contributed by atoms with Crippen LogP contribution in [-0.4, -0.2) is 34.7 Å². The van der Waals surface area contributed by atoms with Gasteiger partial charge in [0, 0.05) is 24.4 Å². The van der Waals surface area contributed by atoms with Crippen molar-refractivity contribution in [2.24, 2.45) is 0 Å². The lowest BCUT2D eigenvalue weighted by molar-refractivity contribution is -0.385. The maximum atomic E-state index is 13.5. The van der Waals surface area contributed by atoms with Crippen molar-refractivity contribution < 1.29 is 23.6 Å².